The Labute approximate surface area is 113 Å². The number of oxazole rings is 1. The number of para-hydroxylation sites is 1. The average Bonchev–Trinajstić information content (AvgIpc) is 2.94. The predicted octanol–water partition coefficient (Wildman–Crippen LogP) is 2.91. The second-order valence-electron chi connectivity index (χ2n) is 4.25. The van der Waals surface area contributed by atoms with Gasteiger partial charge in [-0.1, -0.05) is 18.2 Å². The first-order valence-electron chi connectivity index (χ1n) is 6.07. The van der Waals surface area contributed by atoms with Crippen molar-refractivity contribution in [2.75, 3.05) is 5.32 Å². The number of rotatable bonds is 2. The van der Waals surface area contributed by atoms with Crippen LogP contribution in [0.1, 0.15) is 0 Å². The Balaban J connectivity index is 1.90. The first-order valence-corrected chi connectivity index (χ1v) is 6.07. The van der Waals surface area contributed by atoms with Crippen LogP contribution in [0.2, 0.25) is 0 Å². The summed E-state index contributed by atoms with van der Waals surface area (Å²) >= 11 is 0. The maximum atomic E-state index is 5.27. The number of nitrogens with zero attached hydrogens (tertiary/aromatic N) is 4. The van der Waals surface area contributed by atoms with E-state index in [1.165, 1.54) is 12.7 Å². The fourth-order valence-electron chi connectivity index (χ4n) is 2.03. The fourth-order valence-corrected chi connectivity index (χ4v) is 2.03. The number of hydrogen-bond acceptors (Lipinski definition) is 6. The van der Waals surface area contributed by atoms with Gasteiger partial charge in [0.25, 0.3) is 0 Å². The molecule has 96 valence electrons. The molecule has 0 aliphatic rings. The summed E-state index contributed by atoms with van der Waals surface area (Å²) in [5.41, 5.74) is 2.69. The minimum Gasteiger partial charge on any atom is -0.442 e. The van der Waals surface area contributed by atoms with Gasteiger partial charge in [-0.15, -0.1) is 0 Å². The van der Waals surface area contributed by atoms with Crippen molar-refractivity contribution in [3.05, 3.63) is 49.1 Å². The molecule has 0 bridgehead atoms. The van der Waals surface area contributed by atoms with Gasteiger partial charge in [0.15, 0.2) is 17.6 Å². The van der Waals surface area contributed by atoms with E-state index in [2.05, 4.69) is 25.3 Å². The monoisotopic (exact) mass is 263 g/mol. The topological polar surface area (TPSA) is 76.7 Å². The van der Waals surface area contributed by atoms with Gasteiger partial charge >= 0.3 is 0 Å². The number of fused-ring (bicyclic) bond motifs is 2. The second kappa shape index (κ2) is 4.27. The summed E-state index contributed by atoms with van der Waals surface area (Å²) in [6, 6.07) is 11.7. The van der Waals surface area contributed by atoms with Crippen molar-refractivity contribution in [2.24, 2.45) is 0 Å². The minimum atomic E-state index is 0.543. The highest BCUT2D eigenvalue weighted by Gasteiger charge is 2.09. The molecule has 4 rings (SSSR count). The first kappa shape index (κ1) is 10.9. The Morgan fingerprint density at radius 2 is 1.85 bits per heavy atom. The van der Waals surface area contributed by atoms with Gasteiger partial charge in [-0.25, -0.2) is 15.0 Å². The number of anilines is 2. The molecule has 1 aromatic carbocycles. The summed E-state index contributed by atoms with van der Waals surface area (Å²) in [5.74, 6) is 0.687. The van der Waals surface area contributed by atoms with E-state index in [0.717, 1.165) is 11.1 Å². The van der Waals surface area contributed by atoms with Crippen molar-refractivity contribution in [3.8, 4) is 0 Å². The third kappa shape index (κ3) is 1.74. The Bertz CT molecular complexity index is 888. The Hall–Kier alpha value is -3.02. The lowest BCUT2D eigenvalue weighted by atomic mass is 10.2. The summed E-state index contributed by atoms with van der Waals surface area (Å²) < 4.78 is 5.27. The Morgan fingerprint density at radius 1 is 0.950 bits per heavy atom. The van der Waals surface area contributed by atoms with E-state index < -0.39 is 0 Å². The molecule has 6 nitrogen and oxygen atoms in total. The lowest BCUT2D eigenvalue weighted by Crippen LogP contribution is -1.97. The van der Waals surface area contributed by atoms with Crippen LogP contribution in [0.5, 0.6) is 0 Å². The average molecular weight is 263 g/mol. The molecule has 3 aromatic heterocycles. The van der Waals surface area contributed by atoms with Crippen LogP contribution in [0.25, 0.3) is 22.3 Å². The van der Waals surface area contributed by atoms with Gasteiger partial charge in [0.1, 0.15) is 12.1 Å². The molecular weight excluding hydrogens is 254 g/mol. The van der Waals surface area contributed by atoms with E-state index in [0.29, 0.717) is 22.7 Å². The van der Waals surface area contributed by atoms with Gasteiger partial charge in [0.05, 0.1) is 5.39 Å². The number of aromatic nitrogens is 4. The number of benzene rings is 1. The van der Waals surface area contributed by atoms with Gasteiger partial charge in [0, 0.05) is 5.69 Å². The van der Waals surface area contributed by atoms with Crippen LogP contribution in [0.4, 0.5) is 11.5 Å². The van der Waals surface area contributed by atoms with Crippen molar-refractivity contribution >= 4 is 33.8 Å². The smallest absolute Gasteiger partial charge is 0.200 e. The van der Waals surface area contributed by atoms with Crippen molar-refractivity contribution in [1.29, 1.82) is 0 Å². The molecule has 1 N–H and O–H groups in total. The summed E-state index contributed by atoms with van der Waals surface area (Å²) in [7, 11) is 0. The molecular formula is C14H9N5O. The van der Waals surface area contributed by atoms with E-state index >= 15 is 0 Å². The highest BCUT2D eigenvalue weighted by molar-refractivity contribution is 5.94. The summed E-state index contributed by atoms with van der Waals surface area (Å²) in [6.45, 7) is 0. The van der Waals surface area contributed by atoms with Crippen LogP contribution in [0.15, 0.2) is 53.5 Å². The molecule has 6 heteroatoms. The normalized spacial score (nSPS) is 11.0. The quantitative estimate of drug-likeness (QED) is 0.599. The second-order valence-corrected chi connectivity index (χ2v) is 4.25. The van der Waals surface area contributed by atoms with Crippen LogP contribution < -0.4 is 5.32 Å². The molecule has 4 aromatic rings. The number of hydrogen-bond donors (Lipinski definition) is 1. The minimum absolute atomic E-state index is 0.543. The summed E-state index contributed by atoms with van der Waals surface area (Å²) in [6.07, 6.45) is 2.85. The molecule has 0 aliphatic heterocycles. The first-order chi connectivity index (χ1) is 9.90. The van der Waals surface area contributed by atoms with E-state index in [1.807, 2.05) is 36.4 Å². The molecule has 0 radical (unpaired) electrons. The molecule has 3 heterocycles. The van der Waals surface area contributed by atoms with Gasteiger partial charge in [0.2, 0.25) is 5.65 Å². The van der Waals surface area contributed by atoms with Crippen molar-refractivity contribution in [2.45, 2.75) is 0 Å². The largest absolute Gasteiger partial charge is 0.442 e. The summed E-state index contributed by atoms with van der Waals surface area (Å²) in [4.78, 5) is 16.8. The molecule has 0 unspecified atom stereocenters. The molecule has 0 spiro atoms. The molecule has 0 amide bonds. The molecule has 0 saturated heterocycles. The van der Waals surface area contributed by atoms with E-state index in [-0.39, 0.29) is 0 Å². The highest BCUT2D eigenvalue weighted by atomic mass is 16.3. The zero-order chi connectivity index (χ0) is 13.4. The van der Waals surface area contributed by atoms with Gasteiger partial charge in [-0.3, -0.25) is 0 Å². The maximum absolute atomic E-state index is 5.27. The fraction of sp³-hybridized carbons (Fsp3) is 0. The lowest BCUT2D eigenvalue weighted by molar-refractivity contribution is 0.602. The van der Waals surface area contributed by atoms with Crippen LogP contribution >= 0.6 is 0 Å². The van der Waals surface area contributed by atoms with E-state index in [1.54, 1.807) is 0 Å². The number of nitrogens with one attached hydrogen (secondary N) is 1. The highest BCUT2D eigenvalue weighted by Crippen LogP contribution is 2.24. The third-order valence-electron chi connectivity index (χ3n) is 2.96. The van der Waals surface area contributed by atoms with E-state index in [4.69, 9.17) is 4.42 Å². The van der Waals surface area contributed by atoms with Crippen molar-refractivity contribution in [3.63, 3.8) is 0 Å². The van der Waals surface area contributed by atoms with Gasteiger partial charge in [-0.05, 0) is 18.2 Å². The van der Waals surface area contributed by atoms with Gasteiger partial charge in [-0.2, -0.15) is 4.98 Å². The molecule has 0 saturated carbocycles. The van der Waals surface area contributed by atoms with Crippen LogP contribution in [-0.4, -0.2) is 19.9 Å². The zero-order valence-corrected chi connectivity index (χ0v) is 10.3. The molecule has 0 atom stereocenters. The van der Waals surface area contributed by atoms with Gasteiger partial charge < -0.3 is 9.73 Å². The SMILES string of the molecule is c1ccc(Nc2ncnc3nc4ncoc4cc23)cc1. The maximum Gasteiger partial charge on any atom is 0.200 e. The lowest BCUT2D eigenvalue weighted by Gasteiger charge is -2.07. The molecule has 20 heavy (non-hydrogen) atoms. The van der Waals surface area contributed by atoms with Crippen molar-refractivity contribution < 1.29 is 4.42 Å². The molecule has 0 fully saturated rings. The number of pyridine rings is 1. The van der Waals surface area contributed by atoms with Crippen LogP contribution in [-0.2, 0) is 0 Å². The van der Waals surface area contributed by atoms with E-state index in [9.17, 15) is 0 Å². The van der Waals surface area contributed by atoms with Crippen LogP contribution in [0, 0.1) is 0 Å². The molecule has 0 aliphatic carbocycles. The standard InChI is InChI=1S/C14H9N5O/c1-2-4-9(5-3-1)18-12-10-6-11-14(17-8-20-11)19-13(10)16-7-15-12/h1-8H,(H,15,16,18,19). The Morgan fingerprint density at radius 3 is 2.75 bits per heavy atom. The Kier molecular flexibility index (Phi) is 2.32. The zero-order valence-electron chi connectivity index (χ0n) is 10.3. The predicted molar refractivity (Wildman–Crippen MR) is 74.6 cm³/mol. The van der Waals surface area contributed by atoms with Crippen molar-refractivity contribution in [1.82, 2.24) is 19.9 Å². The summed E-state index contributed by atoms with van der Waals surface area (Å²) in [5, 5.41) is 4.04. The third-order valence-corrected chi connectivity index (χ3v) is 2.96. The van der Waals surface area contributed by atoms with Crippen LogP contribution in [0.3, 0.4) is 0 Å².